The number of hydrogen-bond acceptors (Lipinski definition) is 5. The Morgan fingerprint density at radius 3 is 2.43 bits per heavy atom. The normalized spacial score (nSPS) is 18.0. The van der Waals surface area contributed by atoms with Gasteiger partial charge < -0.3 is 14.4 Å². The summed E-state index contributed by atoms with van der Waals surface area (Å²) >= 11 is 1.24. The lowest BCUT2D eigenvalue weighted by Crippen LogP contribution is -2.25. The third kappa shape index (κ3) is 4.14. The van der Waals surface area contributed by atoms with E-state index in [2.05, 4.69) is 0 Å². The molecule has 21 heavy (non-hydrogen) atoms. The van der Waals surface area contributed by atoms with Crippen molar-refractivity contribution >= 4 is 22.8 Å². The summed E-state index contributed by atoms with van der Waals surface area (Å²) in [7, 11) is 3.19. The van der Waals surface area contributed by atoms with Crippen molar-refractivity contribution in [2.24, 2.45) is 0 Å². The number of rotatable bonds is 5. The van der Waals surface area contributed by atoms with Gasteiger partial charge in [0.15, 0.2) is 5.12 Å². The van der Waals surface area contributed by atoms with Gasteiger partial charge in [-0.2, -0.15) is 0 Å². The molecular weight excluding hydrogens is 290 g/mol. The number of amides is 1. The fourth-order valence-corrected chi connectivity index (χ4v) is 3.33. The van der Waals surface area contributed by atoms with Gasteiger partial charge in [-0.15, -0.1) is 0 Å². The molecule has 1 amide bonds. The molecule has 0 spiro atoms. The minimum atomic E-state index is 0.0534. The second-order valence-corrected chi connectivity index (χ2v) is 6.41. The summed E-state index contributed by atoms with van der Waals surface area (Å²) in [5.41, 5.74) is 0.952. The molecule has 0 saturated carbocycles. The van der Waals surface area contributed by atoms with Crippen LogP contribution >= 0.6 is 11.8 Å². The Hall–Kier alpha value is -1.69. The third-order valence-corrected chi connectivity index (χ3v) is 4.28. The molecule has 1 aromatic rings. The Bertz CT molecular complexity index is 524. The molecule has 5 nitrogen and oxygen atoms in total. The molecule has 2 rings (SSSR count). The van der Waals surface area contributed by atoms with Gasteiger partial charge in [-0.1, -0.05) is 11.8 Å². The van der Waals surface area contributed by atoms with Crippen LogP contribution in [0.5, 0.6) is 11.5 Å². The number of likely N-dealkylation sites (tertiary alicyclic amines) is 1. The molecule has 0 bridgehead atoms. The highest BCUT2D eigenvalue weighted by molar-refractivity contribution is 8.14. The number of carbonyl (C=O) groups is 2. The van der Waals surface area contributed by atoms with Crippen molar-refractivity contribution in [3.63, 3.8) is 0 Å². The van der Waals surface area contributed by atoms with Crippen molar-refractivity contribution in [1.29, 1.82) is 0 Å². The van der Waals surface area contributed by atoms with Crippen molar-refractivity contribution in [3.8, 4) is 11.5 Å². The van der Waals surface area contributed by atoms with Gasteiger partial charge in [-0.05, 0) is 17.7 Å². The molecule has 0 N–H and O–H groups in total. The summed E-state index contributed by atoms with van der Waals surface area (Å²) in [4.78, 5) is 24.9. The van der Waals surface area contributed by atoms with Gasteiger partial charge in [-0.25, -0.2) is 0 Å². The van der Waals surface area contributed by atoms with Gasteiger partial charge in [0.2, 0.25) is 5.91 Å². The highest BCUT2D eigenvalue weighted by Gasteiger charge is 2.30. The van der Waals surface area contributed by atoms with Gasteiger partial charge in [-0.3, -0.25) is 9.59 Å². The van der Waals surface area contributed by atoms with Crippen LogP contribution in [0.1, 0.15) is 18.9 Å². The summed E-state index contributed by atoms with van der Waals surface area (Å²) in [6.07, 6.45) is 0.422. The van der Waals surface area contributed by atoms with Crippen LogP contribution in [0.4, 0.5) is 0 Å². The second-order valence-electron chi connectivity index (χ2n) is 4.93. The van der Waals surface area contributed by atoms with Gasteiger partial charge in [0.1, 0.15) is 11.5 Å². The van der Waals surface area contributed by atoms with E-state index in [1.165, 1.54) is 18.7 Å². The van der Waals surface area contributed by atoms with Crippen molar-refractivity contribution in [2.75, 3.05) is 20.8 Å². The van der Waals surface area contributed by atoms with Crippen LogP contribution in [0.3, 0.4) is 0 Å². The average Bonchev–Trinajstić information content (AvgIpc) is 2.77. The van der Waals surface area contributed by atoms with Crippen LogP contribution in [-0.4, -0.2) is 41.9 Å². The maximum absolute atomic E-state index is 12.0. The summed E-state index contributed by atoms with van der Waals surface area (Å²) in [5, 5.41) is 0.111. The first-order valence-electron chi connectivity index (χ1n) is 6.68. The van der Waals surface area contributed by atoms with E-state index in [0.717, 1.165) is 5.56 Å². The summed E-state index contributed by atoms with van der Waals surface area (Å²) in [5.74, 6) is 1.48. The first-order valence-corrected chi connectivity index (χ1v) is 7.56. The number of benzene rings is 1. The Morgan fingerprint density at radius 2 is 1.90 bits per heavy atom. The van der Waals surface area contributed by atoms with E-state index in [1.807, 2.05) is 12.1 Å². The lowest BCUT2D eigenvalue weighted by atomic mass is 10.2. The minimum absolute atomic E-state index is 0.0534. The zero-order valence-corrected chi connectivity index (χ0v) is 13.2. The molecule has 1 aliphatic heterocycles. The largest absolute Gasteiger partial charge is 0.497 e. The summed E-state index contributed by atoms with van der Waals surface area (Å²) in [6, 6.07) is 5.58. The molecule has 1 saturated heterocycles. The molecule has 1 atom stereocenters. The minimum Gasteiger partial charge on any atom is -0.497 e. The molecule has 1 heterocycles. The smallest absolute Gasteiger partial charge is 0.224 e. The van der Waals surface area contributed by atoms with Crippen molar-refractivity contribution in [1.82, 2.24) is 4.90 Å². The topological polar surface area (TPSA) is 55.8 Å². The average molecular weight is 309 g/mol. The zero-order chi connectivity index (χ0) is 15.4. The highest BCUT2D eigenvalue weighted by Crippen LogP contribution is 2.28. The van der Waals surface area contributed by atoms with E-state index < -0.39 is 0 Å². The number of thioether (sulfide) groups is 1. The fourth-order valence-electron chi connectivity index (χ4n) is 2.38. The molecule has 1 fully saturated rings. The van der Waals surface area contributed by atoms with Crippen molar-refractivity contribution < 1.29 is 19.1 Å². The lowest BCUT2D eigenvalue weighted by molar-refractivity contribution is -0.128. The standard InChI is InChI=1S/C15H19NO4S/c1-10(17)21-14-7-15(18)16(9-14)8-11-4-12(19-2)6-13(5-11)20-3/h4-6,14H,7-9H2,1-3H3. The van der Waals surface area contributed by atoms with E-state index >= 15 is 0 Å². The Labute approximate surface area is 128 Å². The van der Waals surface area contributed by atoms with Crippen LogP contribution in [0, 0.1) is 0 Å². The molecule has 0 aromatic heterocycles. The van der Waals surface area contributed by atoms with Crippen molar-refractivity contribution in [2.45, 2.75) is 25.1 Å². The number of carbonyl (C=O) groups excluding carboxylic acids is 2. The Kier molecular flexibility index (Phi) is 5.12. The molecule has 114 valence electrons. The van der Waals surface area contributed by atoms with Crippen LogP contribution in [-0.2, 0) is 16.1 Å². The monoisotopic (exact) mass is 309 g/mol. The van der Waals surface area contributed by atoms with Crippen LogP contribution < -0.4 is 9.47 Å². The molecule has 1 unspecified atom stereocenters. The molecule has 0 aliphatic carbocycles. The van der Waals surface area contributed by atoms with E-state index in [4.69, 9.17) is 9.47 Å². The molecule has 6 heteroatoms. The molecular formula is C15H19NO4S. The van der Waals surface area contributed by atoms with Gasteiger partial charge in [0.05, 0.1) is 14.2 Å². The van der Waals surface area contributed by atoms with Crippen molar-refractivity contribution in [3.05, 3.63) is 23.8 Å². The maximum atomic E-state index is 12.0. The number of nitrogens with zero attached hydrogens (tertiary/aromatic N) is 1. The molecule has 1 aromatic carbocycles. The number of methoxy groups -OCH3 is 2. The molecule has 0 radical (unpaired) electrons. The Morgan fingerprint density at radius 1 is 1.29 bits per heavy atom. The SMILES string of the molecule is COc1cc(CN2CC(SC(C)=O)CC2=O)cc(OC)c1. The third-order valence-electron chi connectivity index (χ3n) is 3.30. The summed E-state index contributed by atoms with van der Waals surface area (Å²) < 4.78 is 10.5. The maximum Gasteiger partial charge on any atom is 0.224 e. The van der Waals surface area contributed by atoms with Gasteiger partial charge in [0.25, 0.3) is 0 Å². The van der Waals surface area contributed by atoms with E-state index in [0.29, 0.717) is 31.0 Å². The number of hydrogen-bond donors (Lipinski definition) is 0. The predicted octanol–water partition coefficient (Wildman–Crippen LogP) is 2.08. The van der Waals surface area contributed by atoms with E-state index in [9.17, 15) is 9.59 Å². The van der Waals surface area contributed by atoms with Gasteiger partial charge >= 0.3 is 0 Å². The van der Waals surface area contributed by atoms with Gasteiger partial charge in [0, 0.05) is 37.8 Å². The van der Waals surface area contributed by atoms with E-state index in [1.54, 1.807) is 25.2 Å². The molecule has 1 aliphatic rings. The zero-order valence-electron chi connectivity index (χ0n) is 12.4. The first kappa shape index (κ1) is 15.7. The number of ether oxygens (including phenoxy) is 2. The quantitative estimate of drug-likeness (QED) is 0.833. The van der Waals surface area contributed by atoms with Crippen LogP contribution in [0.2, 0.25) is 0 Å². The Balaban J connectivity index is 2.07. The first-order chi connectivity index (χ1) is 10.0. The summed E-state index contributed by atoms with van der Waals surface area (Å²) in [6.45, 7) is 2.63. The van der Waals surface area contributed by atoms with Crippen LogP contribution in [0.25, 0.3) is 0 Å². The van der Waals surface area contributed by atoms with E-state index in [-0.39, 0.29) is 16.3 Å². The lowest BCUT2D eigenvalue weighted by Gasteiger charge is -2.17. The predicted molar refractivity (Wildman–Crippen MR) is 81.6 cm³/mol. The second kappa shape index (κ2) is 6.85. The van der Waals surface area contributed by atoms with Crippen LogP contribution in [0.15, 0.2) is 18.2 Å². The highest BCUT2D eigenvalue weighted by atomic mass is 32.2. The fraction of sp³-hybridized carbons (Fsp3) is 0.467.